The summed E-state index contributed by atoms with van der Waals surface area (Å²) in [5.41, 5.74) is 2.15. The summed E-state index contributed by atoms with van der Waals surface area (Å²) < 4.78 is 4.40. The van der Waals surface area contributed by atoms with Crippen LogP contribution in [0.2, 0.25) is 0 Å². The number of hydrogen-bond donors (Lipinski definition) is 0. The van der Waals surface area contributed by atoms with Crippen molar-refractivity contribution < 1.29 is 0 Å². The zero-order chi connectivity index (χ0) is 19.7. The molecule has 0 fully saturated rings. The Morgan fingerprint density at radius 3 is 2.18 bits per heavy atom. The highest BCUT2D eigenvalue weighted by atomic mass is 16.2. The third-order valence-corrected chi connectivity index (χ3v) is 4.79. The first kappa shape index (κ1) is 17.7. The number of benzene rings is 2. The van der Waals surface area contributed by atoms with E-state index in [2.05, 4.69) is 4.98 Å². The van der Waals surface area contributed by atoms with E-state index in [0.717, 1.165) is 15.7 Å². The van der Waals surface area contributed by atoms with Crippen LogP contribution in [0.3, 0.4) is 0 Å². The van der Waals surface area contributed by atoms with Gasteiger partial charge in [-0.2, -0.15) is 0 Å². The molecule has 140 valence electrons. The molecular formula is C22H20N4O2. The molecule has 0 radical (unpaired) electrons. The van der Waals surface area contributed by atoms with Gasteiger partial charge in [-0.3, -0.25) is 13.9 Å². The Balaban J connectivity index is 1.95. The molecule has 28 heavy (non-hydrogen) atoms. The van der Waals surface area contributed by atoms with Gasteiger partial charge in [0.15, 0.2) is 11.2 Å². The Kier molecular flexibility index (Phi) is 4.53. The maximum Gasteiger partial charge on any atom is 0.332 e. The van der Waals surface area contributed by atoms with Gasteiger partial charge in [0.1, 0.15) is 5.82 Å². The fourth-order valence-corrected chi connectivity index (χ4v) is 3.25. The van der Waals surface area contributed by atoms with Gasteiger partial charge in [-0.05, 0) is 17.2 Å². The fourth-order valence-electron chi connectivity index (χ4n) is 3.25. The highest BCUT2D eigenvalue weighted by Crippen LogP contribution is 2.16. The predicted molar refractivity (Wildman–Crippen MR) is 111 cm³/mol. The van der Waals surface area contributed by atoms with E-state index < -0.39 is 0 Å². The van der Waals surface area contributed by atoms with E-state index in [0.29, 0.717) is 23.5 Å². The largest absolute Gasteiger partial charge is 0.332 e. The molecule has 0 spiro atoms. The number of hydrogen-bond acceptors (Lipinski definition) is 3. The summed E-state index contributed by atoms with van der Waals surface area (Å²) in [6, 6.07) is 19.8. The van der Waals surface area contributed by atoms with Crippen LogP contribution in [-0.4, -0.2) is 18.7 Å². The van der Waals surface area contributed by atoms with Crippen molar-refractivity contribution >= 4 is 23.3 Å². The lowest BCUT2D eigenvalue weighted by Crippen LogP contribution is -2.37. The van der Waals surface area contributed by atoms with Crippen molar-refractivity contribution in [2.75, 3.05) is 0 Å². The van der Waals surface area contributed by atoms with E-state index in [1.165, 1.54) is 11.6 Å². The monoisotopic (exact) mass is 372 g/mol. The number of nitrogens with zero attached hydrogens (tertiary/aromatic N) is 4. The standard InChI is InChI=1S/C22H20N4O2/c1-24-20-19(21(27)25(2)22(24)28)26(15-17-11-7-4-8-12-17)18(23-20)14-13-16-9-5-3-6-10-16/h3-14H,15H2,1-2H3/b14-13+. The predicted octanol–water partition coefficient (Wildman–Crippen LogP) is 2.65. The summed E-state index contributed by atoms with van der Waals surface area (Å²) in [6.07, 6.45) is 3.83. The quantitative estimate of drug-likeness (QED) is 0.553. The van der Waals surface area contributed by atoms with Crippen LogP contribution in [0, 0.1) is 0 Å². The molecule has 0 aliphatic rings. The maximum absolute atomic E-state index is 12.9. The van der Waals surface area contributed by atoms with Crippen LogP contribution in [0.5, 0.6) is 0 Å². The van der Waals surface area contributed by atoms with Crippen LogP contribution in [0.15, 0.2) is 70.3 Å². The molecule has 2 aromatic carbocycles. The van der Waals surface area contributed by atoms with Gasteiger partial charge in [-0.25, -0.2) is 9.78 Å². The molecule has 0 amide bonds. The molecule has 0 saturated heterocycles. The average molecular weight is 372 g/mol. The summed E-state index contributed by atoms with van der Waals surface area (Å²) >= 11 is 0. The number of imidazole rings is 1. The van der Waals surface area contributed by atoms with Crippen molar-refractivity contribution in [3.8, 4) is 0 Å². The summed E-state index contributed by atoms with van der Waals surface area (Å²) in [6.45, 7) is 0.485. The van der Waals surface area contributed by atoms with Crippen molar-refractivity contribution in [3.05, 3.63) is 98.5 Å². The Morgan fingerprint density at radius 1 is 0.857 bits per heavy atom. The second-order valence-corrected chi connectivity index (χ2v) is 6.66. The molecule has 0 saturated carbocycles. The smallest absolute Gasteiger partial charge is 0.314 e. The summed E-state index contributed by atoms with van der Waals surface area (Å²) in [5.74, 6) is 0.626. The molecule has 0 unspecified atom stereocenters. The zero-order valence-corrected chi connectivity index (χ0v) is 15.7. The average Bonchev–Trinajstić information content (AvgIpc) is 3.09. The minimum Gasteiger partial charge on any atom is -0.314 e. The van der Waals surface area contributed by atoms with Crippen LogP contribution < -0.4 is 11.2 Å². The third kappa shape index (κ3) is 3.09. The molecule has 4 aromatic rings. The number of aromatic nitrogens is 4. The van der Waals surface area contributed by atoms with Gasteiger partial charge >= 0.3 is 5.69 Å². The first-order valence-corrected chi connectivity index (χ1v) is 8.99. The molecule has 4 rings (SSSR count). The SMILES string of the molecule is Cn1c(=O)c2c(nc(/C=C/c3ccccc3)n2Cc2ccccc2)n(C)c1=O. The summed E-state index contributed by atoms with van der Waals surface area (Å²) in [5, 5.41) is 0. The second kappa shape index (κ2) is 7.15. The zero-order valence-electron chi connectivity index (χ0n) is 15.7. The van der Waals surface area contributed by atoms with Gasteiger partial charge in [0.25, 0.3) is 5.56 Å². The van der Waals surface area contributed by atoms with Crippen molar-refractivity contribution in [3.63, 3.8) is 0 Å². The van der Waals surface area contributed by atoms with Crippen LogP contribution in [0.4, 0.5) is 0 Å². The minimum atomic E-state index is -0.388. The highest BCUT2D eigenvalue weighted by Gasteiger charge is 2.18. The number of aryl methyl sites for hydroxylation is 1. The van der Waals surface area contributed by atoms with Crippen molar-refractivity contribution in [2.45, 2.75) is 6.54 Å². The summed E-state index contributed by atoms with van der Waals surface area (Å²) in [7, 11) is 3.12. The first-order chi connectivity index (χ1) is 13.6. The number of fused-ring (bicyclic) bond motifs is 1. The molecule has 0 aliphatic carbocycles. The lowest BCUT2D eigenvalue weighted by atomic mass is 10.2. The minimum absolute atomic E-state index is 0.346. The molecule has 0 bridgehead atoms. The summed E-state index contributed by atoms with van der Waals surface area (Å²) in [4.78, 5) is 29.8. The highest BCUT2D eigenvalue weighted by molar-refractivity contribution is 5.76. The molecular weight excluding hydrogens is 352 g/mol. The van der Waals surface area contributed by atoms with Gasteiger partial charge in [0.2, 0.25) is 0 Å². The Hall–Kier alpha value is -3.67. The van der Waals surface area contributed by atoms with E-state index in [4.69, 9.17) is 0 Å². The molecule has 6 heteroatoms. The van der Waals surface area contributed by atoms with Crippen LogP contribution >= 0.6 is 0 Å². The molecule has 0 atom stereocenters. The fraction of sp³-hybridized carbons (Fsp3) is 0.136. The lowest BCUT2D eigenvalue weighted by molar-refractivity contribution is 0.702. The molecule has 6 nitrogen and oxygen atoms in total. The topological polar surface area (TPSA) is 61.8 Å². The van der Waals surface area contributed by atoms with Crippen LogP contribution in [0.25, 0.3) is 23.3 Å². The van der Waals surface area contributed by atoms with E-state index >= 15 is 0 Å². The van der Waals surface area contributed by atoms with Gasteiger partial charge in [0, 0.05) is 20.6 Å². The molecule has 0 N–H and O–H groups in total. The van der Waals surface area contributed by atoms with E-state index in [1.54, 1.807) is 7.05 Å². The first-order valence-electron chi connectivity index (χ1n) is 8.99. The van der Waals surface area contributed by atoms with Gasteiger partial charge in [0.05, 0.1) is 0 Å². The molecule has 2 heterocycles. The normalized spacial score (nSPS) is 11.5. The van der Waals surface area contributed by atoms with Crippen molar-refractivity contribution in [1.29, 1.82) is 0 Å². The van der Waals surface area contributed by atoms with Gasteiger partial charge in [-0.15, -0.1) is 0 Å². The van der Waals surface area contributed by atoms with Crippen LogP contribution in [-0.2, 0) is 20.6 Å². The Morgan fingerprint density at radius 2 is 1.50 bits per heavy atom. The Bertz CT molecular complexity index is 1280. The maximum atomic E-state index is 12.9. The van der Waals surface area contributed by atoms with Gasteiger partial charge < -0.3 is 4.57 Å². The number of rotatable bonds is 4. The lowest BCUT2D eigenvalue weighted by Gasteiger charge is -2.08. The van der Waals surface area contributed by atoms with Crippen molar-refractivity contribution in [2.24, 2.45) is 14.1 Å². The molecule has 0 aliphatic heterocycles. The second-order valence-electron chi connectivity index (χ2n) is 6.66. The van der Waals surface area contributed by atoms with E-state index in [9.17, 15) is 9.59 Å². The van der Waals surface area contributed by atoms with Gasteiger partial charge in [-0.1, -0.05) is 66.7 Å². The van der Waals surface area contributed by atoms with Crippen LogP contribution in [0.1, 0.15) is 17.0 Å². The third-order valence-electron chi connectivity index (χ3n) is 4.79. The van der Waals surface area contributed by atoms with E-state index in [-0.39, 0.29) is 11.2 Å². The Labute approximate surface area is 161 Å². The van der Waals surface area contributed by atoms with Crippen molar-refractivity contribution in [1.82, 2.24) is 18.7 Å². The van der Waals surface area contributed by atoms with E-state index in [1.807, 2.05) is 77.4 Å². The molecule has 2 aromatic heterocycles.